The average molecular weight is 281 g/mol. The van der Waals surface area contributed by atoms with Crippen LogP contribution in [0.15, 0.2) is 18.5 Å². The van der Waals surface area contributed by atoms with E-state index in [0.717, 1.165) is 0 Å². The number of nitrogens with zero attached hydrogens (tertiary/aromatic N) is 5. The molecule has 0 aliphatic rings. The zero-order valence-corrected chi connectivity index (χ0v) is 10.8. The lowest BCUT2D eigenvalue weighted by Crippen LogP contribution is -2.08. The molecule has 0 saturated heterocycles. The Labute approximate surface area is 112 Å². The van der Waals surface area contributed by atoms with Crippen molar-refractivity contribution in [3.05, 3.63) is 35.1 Å². The quantitative estimate of drug-likeness (QED) is 0.773. The molecule has 19 heavy (non-hydrogen) atoms. The summed E-state index contributed by atoms with van der Waals surface area (Å²) in [6.07, 6.45) is 1.59. The zero-order valence-electron chi connectivity index (χ0n) is 10.0. The molecular formula is C11H10ClFN6. The number of aromatic nitrogens is 5. The lowest BCUT2D eigenvalue weighted by atomic mass is 10.3. The van der Waals surface area contributed by atoms with Crippen LogP contribution in [0.3, 0.4) is 0 Å². The smallest absolute Gasteiger partial charge is 0.201 e. The topological polar surface area (TPSA) is 74.5 Å². The van der Waals surface area contributed by atoms with Crippen LogP contribution in [-0.4, -0.2) is 24.3 Å². The minimum atomic E-state index is -0.516. The number of benzene rings is 1. The van der Waals surface area contributed by atoms with Crippen LogP contribution >= 0.6 is 11.6 Å². The van der Waals surface area contributed by atoms with Crippen LogP contribution in [0.4, 0.5) is 10.3 Å². The van der Waals surface area contributed by atoms with E-state index in [1.54, 1.807) is 15.5 Å². The molecule has 3 rings (SSSR count). The summed E-state index contributed by atoms with van der Waals surface area (Å²) in [6.45, 7) is 0.390. The molecule has 0 atom stereocenters. The molecule has 3 aromatic rings. The van der Waals surface area contributed by atoms with Gasteiger partial charge in [-0.1, -0.05) is 11.6 Å². The van der Waals surface area contributed by atoms with Gasteiger partial charge in [-0.05, 0) is 6.07 Å². The summed E-state index contributed by atoms with van der Waals surface area (Å²) in [4.78, 5) is 4.11. The highest BCUT2D eigenvalue weighted by Gasteiger charge is 2.13. The van der Waals surface area contributed by atoms with E-state index < -0.39 is 5.82 Å². The highest BCUT2D eigenvalue weighted by molar-refractivity contribution is 6.31. The fourth-order valence-electron chi connectivity index (χ4n) is 1.90. The van der Waals surface area contributed by atoms with Crippen LogP contribution in [0.25, 0.3) is 11.0 Å². The monoisotopic (exact) mass is 280 g/mol. The van der Waals surface area contributed by atoms with Gasteiger partial charge in [-0.25, -0.2) is 9.37 Å². The first-order chi connectivity index (χ1) is 9.06. The molecule has 6 nitrogen and oxygen atoms in total. The number of hydrogen-bond donors (Lipinski definition) is 1. The Hall–Kier alpha value is -2.15. The molecule has 0 aliphatic heterocycles. The number of nitrogens with two attached hydrogens (primary N) is 1. The van der Waals surface area contributed by atoms with Crippen LogP contribution in [0.2, 0.25) is 5.02 Å². The van der Waals surface area contributed by atoms with Crippen LogP contribution in [-0.2, 0) is 13.6 Å². The van der Waals surface area contributed by atoms with Crippen molar-refractivity contribution in [1.82, 2.24) is 24.3 Å². The van der Waals surface area contributed by atoms with E-state index in [1.807, 2.05) is 7.05 Å². The number of rotatable bonds is 2. The first kappa shape index (κ1) is 11.9. The zero-order chi connectivity index (χ0) is 13.6. The molecule has 1 aromatic carbocycles. The second-order valence-corrected chi connectivity index (χ2v) is 4.58. The Morgan fingerprint density at radius 2 is 2.21 bits per heavy atom. The van der Waals surface area contributed by atoms with E-state index in [1.165, 1.54) is 12.1 Å². The maximum atomic E-state index is 13.4. The van der Waals surface area contributed by atoms with Gasteiger partial charge in [0.2, 0.25) is 5.95 Å². The number of imidazole rings is 1. The molecule has 98 valence electrons. The Balaban J connectivity index is 2.15. The van der Waals surface area contributed by atoms with Gasteiger partial charge in [0.05, 0.1) is 22.6 Å². The number of halogens is 2. The second kappa shape index (κ2) is 4.20. The number of anilines is 1. The molecule has 0 unspecified atom stereocenters. The van der Waals surface area contributed by atoms with Gasteiger partial charge in [0.15, 0.2) is 5.82 Å². The van der Waals surface area contributed by atoms with Gasteiger partial charge in [-0.2, -0.15) is 0 Å². The molecule has 8 heteroatoms. The molecular weight excluding hydrogens is 271 g/mol. The highest BCUT2D eigenvalue weighted by atomic mass is 35.5. The van der Waals surface area contributed by atoms with Gasteiger partial charge < -0.3 is 14.9 Å². The summed E-state index contributed by atoms with van der Waals surface area (Å²) in [6, 6.07) is 2.77. The van der Waals surface area contributed by atoms with Gasteiger partial charge >= 0.3 is 0 Å². The third-order valence-corrected chi connectivity index (χ3v) is 3.21. The molecule has 0 spiro atoms. The van der Waals surface area contributed by atoms with Crippen LogP contribution in [0.5, 0.6) is 0 Å². The van der Waals surface area contributed by atoms with Crippen LogP contribution in [0.1, 0.15) is 5.82 Å². The third kappa shape index (κ3) is 1.91. The summed E-state index contributed by atoms with van der Waals surface area (Å²) in [7, 11) is 1.83. The van der Waals surface area contributed by atoms with Crippen molar-refractivity contribution in [1.29, 1.82) is 0 Å². The van der Waals surface area contributed by atoms with Gasteiger partial charge in [0.1, 0.15) is 12.1 Å². The first-order valence-electron chi connectivity index (χ1n) is 5.50. The van der Waals surface area contributed by atoms with Gasteiger partial charge in [-0.15, -0.1) is 10.2 Å². The molecule has 0 bridgehead atoms. The molecule has 0 fully saturated rings. The first-order valence-corrected chi connectivity index (χ1v) is 5.87. The van der Waals surface area contributed by atoms with E-state index in [0.29, 0.717) is 23.4 Å². The summed E-state index contributed by atoms with van der Waals surface area (Å²) in [5.74, 6) is 0.476. The van der Waals surface area contributed by atoms with Gasteiger partial charge in [0, 0.05) is 13.1 Å². The molecule has 2 N–H and O–H groups in total. The van der Waals surface area contributed by atoms with E-state index >= 15 is 0 Å². The lowest BCUT2D eigenvalue weighted by Gasteiger charge is -2.06. The van der Waals surface area contributed by atoms with Gasteiger partial charge in [0.25, 0.3) is 0 Å². The second-order valence-electron chi connectivity index (χ2n) is 4.17. The van der Waals surface area contributed by atoms with Crippen molar-refractivity contribution in [2.45, 2.75) is 6.54 Å². The van der Waals surface area contributed by atoms with Crippen LogP contribution < -0.4 is 5.73 Å². The number of hydrogen-bond acceptors (Lipinski definition) is 4. The number of fused-ring (bicyclic) bond motifs is 1. The average Bonchev–Trinajstić information content (AvgIpc) is 2.88. The predicted octanol–water partition coefficient (Wildman–Crippen LogP) is 1.59. The Morgan fingerprint density at radius 1 is 1.42 bits per heavy atom. The SMILES string of the molecule is Cn1cnnc1Cn1c(N)nc2cc(F)c(Cl)cc21. The maximum absolute atomic E-state index is 13.4. The Morgan fingerprint density at radius 3 is 2.89 bits per heavy atom. The molecule has 0 aliphatic carbocycles. The normalized spacial score (nSPS) is 11.3. The van der Waals surface area contributed by atoms with Crippen molar-refractivity contribution in [2.24, 2.45) is 7.05 Å². The molecule has 0 saturated carbocycles. The maximum Gasteiger partial charge on any atom is 0.201 e. The summed E-state index contributed by atoms with van der Waals surface area (Å²) < 4.78 is 16.9. The molecule has 2 aromatic heterocycles. The van der Waals surface area contributed by atoms with Crippen molar-refractivity contribution < 1.29 is 4.39 Å². The fourth-order valence-corrected chi connectivity index (χ4v) is 2.05. The third-order valence-electron chi connectivity index (χ3n) is 2.92. The van der Waals surface area contributed by atoms with Crippen molar-refractivity contribution >= 4 is 28.6 Å². The van der Waals surface area contributed by atoms with E-state index in [2.05, 4.69) is 15.2 Å². The number of aryl methyl sites for hydroxylation is 1. The van der Waals surface area contributed by atoms with E-state index in [4.69, 9.17) is 17.3 Å². The van der Waals surface area contributed by atoms with Crippen molar-refractivity contribution in [3.8, 4) is 0 Å². The van der Waals surface area contributed by atoms with Crippen LogP contribution in [0, 0.1) is 5.82 Å². The molecule has 0 amide bonds. The molecule has 0 radical (unpaired) electrons. The number of nitrogen functional groups attached to an aromatic ring is 1. The van der Waals surface area contributed by atoms with E-state index in [-0.39, 0.29) is 11.0 Å². The standard InChI is InChI=1S/C11H10ClFN6/c1-18-5-15-17-10(18)4-19-9-2-6(12)7(13)3-8(9)16-11(19)14/h2-3,5H,4H2,1H3,(H2,14,16). The summed E-state index contributed by atoms with van der Waals surface area (Å²) in [5.41, 5.74) is 6.97. The van der Waals surface area contributed by atoms with Crippen molar-refractivity contribution in [3.63, 3.8) is 0 Å². The fraction of sp³-hybridized carbons (Fsp3) is 0.182. The highest BCUT2D eigenvalue weighted by Crippen LogP contribution is 2.25. The van der Waals surface area contributed by atoms with Gasteiger partial charge in [-0.3, -0.25) is 0 Å². The summed E-state index contributed by atoms with van der Waals surface area (Å²) >= 11 is 5.79. The predicted molar refractivity (Wildman–Crippen MR) is 69.2 cm³/mol. The Bertz CT molecular complexity index is 762. The van der Waals surface area contributed by atoms with E-state index in [9.17, 15) is 4.39 Å². The summed E-state index contributed by atoms with van der Waals surface area (Å²) in [5, 5.41) is 7.81. The lowest BCUT2D eigenvalue weighted by molar-refractivity contribution is 0.629. The Kier molecular flexibility index (Phi) is 2.63. The largest absolute Gasteiger partial charge is 0.369 e. The minimum absolute atomic E-state index is 0.0339. The minimum Gasteiger partial charge on any atom is -0.369 e. The van der Waals surface area contributed by atoms with Crippen molar-refractivity contribution in [2.75, 3.05) is 5.73 Å². The molecule has 2 heterocycles.